The molecule has 11 heteroatoms. The van der Waals surface area contributed by atoms with Gasteiger partial charge in [-0.25, -0.2) is 13.1 Å². The molecule has 1 amide bonds. The smallest absolute Gasteiger partial charge is 0.352 e. The SMILES string of the molecule is CC1(C)CC(C)(C)CC(O)(C(F)(F)C(=O)N2CCC[C@H]2c2cc(CNS(=O)(=O)c3ccccc3)on2)C1. The van der Waals surface area contributed by atoms with Crippen LogP contribution in [0.1, 0.15) is 77.3 Å². The summed E-state index contributed by atoms with van der Waals surface area (Å²) in [7, 11) is -3.78. The number of benzene rings is 1. The van der Waals surface area contributed by atoms with Gasteiger partial charge in [0.05, 0.1) is 17.5 Å². The van der Waals surface area contributed by atoms with Crippen molar-refractivity contribution >= 4 is 15.9 Å². The largest absolute Gasteiger partial charge is 0.383 e. The quantitative estimate of drug-likeness (QED) is 0.539. The summed E-state index contributed by atoms with van der Waals surface area (Å²) in [6, 6.07) is 8.55. The molecule has 1 aromatic carbocycles. The molecule has 0 spiro atoms. The number of aromatic nitrogens is 1. The Hall–Kier alpha value is -2.37. The van der Waals surface area contributed by atoms with Crippen LogP contribution in [0, 0.1) is 10.8 Å². The van der Waals surface area contributed by atoms with Crippen molar-refractivity contribution in [3.63, 3.8) is 0 Å². The van der Waals surface area contributed by atoms with Crippen LogP contribution in [0.4, 0.5) is 8.78 Å². The molecule has 1 aromatic heterocycles. The van der Waals surface area contributed by atoms with Gasteiger partial charge in [-0.1, -0.05) is 51.1 Å². The fourth-order valence-electron chi connectivity index (χ4n) is 6.40. The fraction of sp³-hybridized carbons (Fsp3) is 0.615. The third-order valence-electron chi connectivity index (χ3n) is 7.27. The second kappa shape index (κ2) is 9.43. The van der Waals surface area contributed by atoms with Gasteiger partial charge in [0, 0.05) is 12.6 Å². The van der Waals surface area contributed by atoms with E-state index in [0.717, 1.165) is 4.90 Å². The number of carbonyl (C=O) groups is 1. The molecule has 0 unspecified atom stereocenters. The van der Waals surface area contributed by atoms with Crippen LogP contribution in [0.25, 0.3) is 0 Å². The lowest BCUT2D eigenvalue weighted by atomic mass is 9.58. The van der Waals surface area contributed by atoms with Crippen LogP contribution in [-0.2, 0) is 21.4 Å². The van der Waals surface area contributed by atoms with Crippen LogP contribution in [0.5, 0.6) is 0 Å². The number of sulfonamides is 1. The fourth-order valence-corrected chi connectivity index (χ4v) is 7.42. The molecule has 2 fully saturated rings. The number of alkyl halides is 2. The topological polar surface area (TPSA) is 113 Å². The maximum Gasteiger partial charge on any atom is 0.352 e. The first-order chi connectivity index (χ1) is 17.1. The van der Waals surface area contributed by atoms with E-state index in [-0.39, 0.29) is 42.3 Å². The van der Waals surface area contributed by atoms with Crippen LogP contribution >= 0.6 is 0 Å². The maximum absolute atomic E-state index is 15.8. The Kier molecular flexibility index (Phi) is 7.05. The zero-order valence-electron chi connectivity index (χ0n) is 21.6. The number of aliphatic hydroxyl groups is 1. The van der Waals surface area contributed by atoms with E-state index < -0.39 is 44.3 Å². The molecule has 204 valence electrons. The number of nitrogens with one attached hydrogen (secondary N) is 1. The van der Waals surface area contributed by atoms with Gasteiger partial charge in [-0.15, -0.1) is 0 Å². The molecule has 1 saturated carbocycles. The van der Waals surface area contributed by atoms with Crippen LogP contribution < -0.4 is 4.72 Å². The number of likely N-dealkylation sites (tertiary alicyclic amines) is 1. The number of halogens is 2. The summed E-state index contributed by atoms with van der Waals surface area (Å²) in [6.45, 7) is 7.25. The van der Waals surface area contributed by atoms with Crippen molar-refractivity contribution in [2.75, 3.05) is 6.54 Å². The Morgan fingerprint density at radius 2 is 1.78 bits per heavy atom. The second-order valence-corrected chi connectivity index (χ2v) is 13.7. The maximum atomic E-state index is 15.8. The summed E-state index contributed by atoms with van der Waals surface area (Å²) < 4.78 is 64.1. The Morgan fingerprint density at radius 3 is 2.41 bits per heavy atom. The number of carbonyl (C=O) groups excluding carboxylic acids is 1. The van der Waals surface area contributed by atoms with Gasteiger partial charge < -0.3 is 14.5 Å². The predicted molar refractivity (Wildman–Crippen MR) is 132 cm³/mol. The van der Waals surface area contributed by atoms with Crippen molar-refractivity contribution in [1.29, 1.82) is 0 Å². The first-order valence-electron chi connectivity index (χ1n) is 12.5. The lowest BCUT2D eigenvalue weighted by Gasteiger charge is -2.51. The van der Waals surface area contributed by atoms with Crippen LogP contribution in [-0.4, -0.2) is 47.6 Å². The molecule has 37 heavy (non-hydrogen) atoms. The number of nitrogens with zero attached hydrogens (tertiary/aromatic N) is 2. The minimum Gasteiger partial charge on any atom is -0.383 e. The lowest BCUT2D eigenvalue weighted by Crippen LogP contribution is -2.62. The lowest BCUT2D eigenvalue weighted by molar-refractivity contribution is -0.231. The summed E-state index contributed by atoms with van der Waals surface area (Å²) in [5, 5.41) is 15.2. The molecule has 1 saturated heterocycles. The van der Waals surface area contributed by atoms with Crippen molar-refractivity contribution in [1.82, 2.24) is 14.8 Å². The second-order valence-electron chi connectivity index (χ2n) is 12.0. The van der Waals surface area contributed by atoms with E-state index >= 15 is 8.78 Å². The molecule has 1 aliphatic carbocycles. The van der Waals surface area contributed by atoms with Gasteiger partial charge in [0.2, 0.25) is 10.0 Å². The predicted octanol–water partition coefficient (Wildman–Crippen LogP) is 4.42. The number of hydrogen-bond acceptors (Lipinski definition) is 6. The minimum absolute atomic E-state index is 0.0940. The van der Waals surface area contributed by atoms with Crippen molar-refractivity contribution in [2.24, 2.45) is 10.8 Å². The van der Waals surface area contributed by atoms with Gasteiger partial charge in [-0.05, 0) is 55.1 Å². The molecular formula is C26H35F2N3O5S. The standard InChI is InChI=1S/C26H35F2N3O5S/c1-23(2)15-24(3,4)17-25(33,16-23)26(27,28)22(32)31-12-8-11-21(31)20-13-18(36-30-20)14-29-37(34,35)19-9-6-5-7-10-19/h5-7,9-10,13,21,29,33H,8,11-12,14-17H2,1-4H3/t21-/m0/s1. The first-order valence-corrected chi connectivity index (χ1v) is 14.0. The van der Waals surface area contributed by atoms with Gasteiger partial charge in [0.15, 0.2) is 5.76 Å². The van der Waals surface area contributed by atoms with Crippen molar-refractivity contribution < 1.29 is 31.6 Å². The molecule has 0 radical (unpaired) electrons. The molecule has 1 atom stereocenters. The molecular weight excluding hydrogens is 504 g/mol. The van der Waals surface area contributed by atoms with Gasteiger partial charge >= 0.3 is 5.92 Å². The summed E-state index contributed by atoms with van der Waals surface area (Å²) in [4.78, 5) is 14.4. The summed E-state index contributed by atoms with van der Waals surface area (Å²) in [5.41, 5.74) is -3.31. The molecule has 8 nitrogen and oxygen atoms in total. The highest BCUT2D eigenvalue weighted by atomic mass is 32.2. The molecule has 2 aromatic rings. The Bertz CT molecular complexity index is 1230. The minimum atomic E-state index is -3.98. The average molecular weight is 540 g/mol. The summed E-state index contributed by atoms with van der Waals surface area (Å²) >= 11 is 0. The van der Waals surface area contributed by atoms with E-state index in [1.807, 2.05) is 27.7 Å². The monoisotopic (exact) mass is 539 g/mol. The summed E-state index contributed by atoms with van der Waals surface area (Å²) in [5.74, 6) is -5.21. The van der Waals surface area contributed by atoms with Gasteiger partial charge in [-0.3, -0.25) is 4.79 Å². The normalized spacial score (nSPS) is 23.2. The molecule has 0 bridgehead atoms. The Morgan fingerprint density at radius 1 is 1.16 bits per heavy atom. The zero-order valence-corrected chi connectivity index (χ0v) is 22.4. The van der Waals surface area contributed by atoms with E-state index in [2.05, 4.69) is 9.88 Å². The Labute approximate surface area is 216 Å². The highest BCUT2D eigenvalue weighted by Crippen LogP contribution is 2.55. The molecule has 2 N–H and O–H groups in total. The molecule has 2 aliphatic rings. The zero-order chi connectivity index (χ0) is 27.3. The van der Waals surface area contributed by atoms with Crippen molar-refractivity contribution in [2.45, 2.75) is 88.8 Å². The number of rotatable bonds is 7. The van der Waals surface area contributed by atoms with Gasteiger partial charge in [0.1, 0.15) is 11.3 Å². The number of hydrogen-bond donors (Lipinski definition) is 2. The van der Waals surface area contributed by atoms with Crippen LogP contribution in [0.15, 0.2) is 45.8 Å². The first kappa shape index (κ1) is 27.7. The van der Waals surface area contributed by atoms with Crippen molar-refractivity contribution in [3.05, 3.63) is 47.9 Å². The average Bonchev–Trinajstić information content (AvgIpc) is 3.44. The summed E-state index contributed by atoms with van der Waals surface area (Å²) in [6.07, 6.45) is 1.19. The van der Waals surface area contributed by atoms with Crippen LogP contribution in [0.2, 0.25) is 0 Å². The number of amides is 1. The molecule has 4 rings (SSSR count). The molecule has 1 aliphatic heterocycles. The van der Waals surface area contributed by atoms with Gasteiger partial charge in [0.25, 0.3) is 5.91 Å². The van der Waals surface area contributed by atoms with E-state index in [4.69, 9.17) is 4.52 Å². The highest BCUT2D eigenvalue weighted by molar-refractivity contribution is 7.89. The Balaban J connectivity index is 1.50. The molecule has 2 heterocycles. The van der Waals surface area contributed by atoms with E-state index in [0.29, 0.717) is 19.3 Å². The third kappa shape index (κ3) is 5.58. The van der Waals surface area contributed by atoms with E-state index in [1.54, 1.807) is 18.2 Å². The highest BCUT2D eigenvalue weighted by Gasteiger charge is 2.65. The van der Waals surface area contributed by atoms with E-state index in [9.17, 15) is 18.3 Å². The van der Waals surface area contributed by atoms with Gasteiger partial charge in [-0.2, -0.15) is 8.78 Å². The van der Waals surface area contributed by atoms with Crippen LogP contribution in [0.3, 0.4) is 0 Å². The van der Waals surface area contributed by atoms with Crippen molar-refractivity contribution in [3.8, 4) is 0 Å². The van der Waals surface area contributed by atoms with E-state index in [1.165, 1.54) is 18.2 Å². The third-order valence-corrected chi connectivity index (χ3v) is 8.69.